The predicted octanol–water partition coefficient (Wildman–Crippen LogP) is 1.61. The van der Waals surface area contributed by atoms with Crippen molar-refractivity contribution in [2.24, 2.45) is 0 Å². The molecule has 20 heavy (non-hydrogen) atoms. The van der Waals surface area contributed by atoms with Crippen molar-refractivity contribution in [2.75, 3.05) is 13.6 Å². The maximum Gasteiger partial charge on any atom is 0.251 e. The molecule has 0 saturated carbocycles. The van der Waals surface area contributed by atoms with E-state index in [2.05, 4.69) is 5.32 Å². The minimum absolute atomic E-state index is 0.0346. The fraction of sp³-hybridized carbons (Fsp3) is 0.500. The molecule has 1 fully saturated rings. The van der Waals surface area contributed by atoms with Crippen molar-refractivity contribution in [1.82, 2.24) is 9.62 Å². The van der Waals surface area contributed by atoms with Crippen LogP contribution < -0.4 is 5.32 Å². The molecule has 0 bridgehead atoms. The number of amides is 1. The minimum atomic E-state index is -3.46. The molecule has 0 aliphatic carbocycles. The summed E-state index contributed by atoms with van der Waals surface area (Å²) in [4.78, 5) is 11.7. The van der Waals surface area contributed by atoms with Gasteiger partial charge in [-0.2, -0.15) is 4.31 Å². The third-order valence-corrected chi connectivity index (χ3v) is 5.72. The number of hydrogen-bond donors (Lipinski definition) is 1. The smallest absolute Gasteiger partial charge is 0.251 e. The molecule has 0 aromatic heterocycles. The van der Waals surface area contributed by atoms with Crippen LogP contribution >= 0.6 is 0 Å². The summed E-state index contributed by atoms with van der Waals surface area (Å²) in [7, 11) is -1.91. The van der Waals surface area contributed by atoms with Gasteiger partial charge in [-0.25, -0.2) is 8.42 Å². The quantitative estimate of drug-likeness (QED) is 0.921. The van der Waals surface area contributed by atoms with Crippen molar-refractivity contribution in [1.29, 1.82) is 0 Å². The zero-order valence-electron chi connectivity index (χ0n) is 11.8. The maximum absolute atomic E-state index is 12.6. The summed E-state index contributed by atoms with van der Waals surface area (Å²) in [6.45, 7) is 2.51. The lowest BCUT2D eigenvalue weighted by Crippen LogP contribution is -2.41. The van der Waals surface area contributed by atoms with Gasteiger partial charge in [0.1, 0.15) is 0 Å². The van der Waals surface area contributed by atoms with Crippen LogP contribution in [0.25, 0.3) is 0 Å². The Bertz CT molecular complexity index is 581. The number of benzene rings is 1. The van der Waals surface area contributed by atoms with E-state index in [9.17, 15) is 13.2 Å². The van der Waals surface area contributed by atoms with Crippen LogP contribution in [0.2, 0.25) is 0 Å². The van der Waals surface area contributed by atoms with Crippen LogP contribution in [-0.4, -0.2) is 38.3 Å². The van der Waals surface area contributed by atoms with Crippen LogP contribution in [-0.2, 0) is 10.0 Å². The van der Waals surface area contributed by atoms with E-state index in [1.165, 1.54) is 12.1 Å². The lowest BCUT2D eigenvalue weighted by Gasteiger charge is -2.32. The number of hydrogen-bond acceptors (Lipinski definition) is 3. The summed E-state index contributed by atoms with van der Waals surface area (Å²) >= 11 is 0. The van der Waals surface area contributed by atoms with Gasteiger partial charge in [0.25, 0.3) is 5.91 Å². The fourth-order valence-electron chi connectivity index (χ4n) is 2.49. The topological polar surface area (TPSA) is 66.5 Å². The molecule has 5 nitrogen and oxygen atoms in total. The number of nitrogens with zero attached hydrogens (tertiary/aromatic N) is 1. The number of carbonyl (C=O) groups excluding carboxylic acids is 1. The van der Waals surface area contributed by atoms with E-state index in [-0.39, 0.29) is 16.8 Å². The van der Waals surface area contributed by atoms with Gasteiger partial charge in [-0.1, -0.05) is 6.42 Å². The van der Waals surface area contributed by atoms with Crippen molar-refractivity contribution in [3.8, 4) is 0 Å². The molecule has 1 aliphatic heterocycles. The molecule has 1 aliphatic rings. The Morgan fingerprint density at radius 2 is 1.90 bits per heavy atom. The zero-order valence-corrected chi connectivity index (χ0v) is 12.6. The van der Waals surface area contributed by atoms with E-state index in [4.69, 9.17) is 0 Å². The number of rotatable bonds is 3. The summed E-state index contributed by atoms with van der Waals surface area (Å²) in [6.07, 6.45) is 2.87. The van der Waals surface area contributed by atoms with Gasteiger partial charge in [0.05, 0.1) is 4.90 Å². The lowest BCUT2D eigenvalue weighted by molar-refractivity contribution is 0.0963. The van der Waals surface area contributed by atoms with Gasteiger partial charge in [-0.05, 0) is 44.0 Å². The molecule has 6 heteroatoms. The highest BCUT2D eigenvalue weighted by Gasteiger charge is 2.30. The second-order valence-corrected chi connectivity index (χ2v) is 6.95. The average Bonchev–Trinajstić information content (AvgIpc) is 2.47. The first-order valence-electron chi connectivity index (χ1n) is 6.81. The molecule has 0 spiro atoms. The summed E-state index contributed by atoms with van der Waals surface area (Å²) in [5, 5.41) is 2.51. The van der Waals surface area contributed by atoms with Gasteiger partial charge in [0, 0.05) is 25.2 Å². The Hall–Kier alpha value is -1.40. The molecule has 1 amide bonds. The van der Waals surface area contributed by atoms with Crippen molar-refractivity contribution in [2.45, 2.75) is 37.1 Å². The Balaban J connectivity index is 2.27. The second-order valence-electron chi connectivity index (χ2n) is 5.06. The number of sulfonamides is 1. The lowest BCUT2D eigenvalue weighted by atomic mass is 10.1. The van der Waals surface area contributed by atoms with Gasteiger partial charge in [-0.15, -0.1) is 0 Å². The monoisotopic (exact) mass is 296 g/mol. The van der Waals surface area contributed by atoms with Gasteiger partial charge in [-0.3, -0.25) is 4.79 Å². The molecule has 1 aromatic rings. The van der Waals surface area contributed by atoms with Crippen LogP contribution in [0.5, 0.6) is 0 Å². The molecule has 110 valence electrons. The van der Waals surface area contributed by atoms with Gasteiger partial charge < -0.3 is 5.32 Å². The predicted molar refractivity (Wildman–Crippen MR) is 77.0 cm³/mol. The van der Waals surface area contributed by atoms with Crippen LogP contribution in [0, 0.1) is 0 Å². The summed E-state index contributed by atoms with van der Waals surface area (Å²) in [5.41, 5.74) is 0.457. The first-order chi connectivity index (χ1) is 9.46. The molecular formula is C14H20N2O3S. The highest BCUT2D eigenvalue weighted by molar-refractivity contribution is 7.89. The highest BCUT2D eigenvalue weighted by atomic mass is 32.2. The molecular weight excluding hydrogens is 276 g/mol. The highest BCUT2D eigenvalue weighted by Crippen LogP contribution is 2.25. The van der Waals surface area contributed by atoms with Crippen LogP contribution in [0.1, 0.15) is 36.5 Å². The molecule has 1 atom stereocenters. The summed E-state index contributed by atoms with van der Waals surface area (Å²) in [5.74, 6) is -0.222. The van der Waals surface area contributed by atoms with Crippen LogP contribution in [0.3, 0.4) is 0 Å². The van der Waals surface area contributed by atoms with Crippen LogP contribution in [0.15, 0.2) is 29.2 Å². The Morgan fingerprint density at radius 1 is 1.25 bits per heavy atom. The third kappa shape index (κ3) is 2.86. The SMILES string of the molecule is CNC(=O)c1ccc(S(=O)(=O)N2CCCC[C@H]2C)cc1. The summed E-state index contributed by atoms with van der Waals surface area (Å²) in [6, 6.07) is 6.12. The van der Waals surface area contributed by atoms with Crippen molar-refractivity contribution >= 4 is 15.9 Å². The normalized spacial score (nSPS) is 20.6. The van der Waals surface area contributed by atoms with Gasteiger partial charge in [0.2, 0.25) is 10.0 Å². The largest absolute Gasteiger partial charge is 0.355 e. The van der Waals surface area contributed by atoms with Gasteiger partial charge >= 0.3 is 0 Å². The third-order valence-electron chi connectivity index (χ3n) is 3.69. The van der Waals surface area contributed by atoms with Crippen molar-refractivity contribution < 1.29 is 13.2 Å². The summed E-state index contributed by atoms with van der Waals surface area (Å²) < 4.78 is 26.7. The van der Waals surface area contributed by atoms with Crippen molar-refractivity contribution in [3.63, 3.8) is 0 Å². The number of carbonyl (C=O) groups is 1. The van der Waals surface area contributed by atoms with E-state index in [0.29, 0.717) is 12.1 Å². The van der Waals surface area contributed by atoms with Crippen molar-refractivity contribution in [3.05, 3.63) is 29.8 Å². The first kappa shape index (κ1) is 15.0. The first-order valence-corrected chi connectivity index (χ1v) is 8.25. The van der Waals surface area contributed by atoms with E-state index in [1.807, 2.05) is 6.92 Å². The standard InChI is InChI=1S/C14H20N2O3S/c1-11-5-3-4-10-16(11)20(18,19)13-8-6-12(7-9-13)14(17)15-2/h6-9,11H,3-5,10H2,1-2H3,(H,15,17)/t11-/m1/s1. The maximum atomic E-state index is 12.6. The molecule has 1 aromatic carbocycles. The van der Waals surface area contributed by atoms with E-state index < -0.39 is 10.0 Å². The Labute approximate surface area is 120 Å². The molecule has 0 radical (unpaired) electrons. The fourth-order valence-corrected chi connectivity index (χ4v) is 4.19. The van der Waals surface area contributed by atoms with E-state index in [1.54, 1.807) is 23.5 Å². The molecule has 1 heterocycles. The molecule has 0 unspecified atom stereocenters. The minimum Gasteiger partial charge on any atom is -0.355 e. The number of piperidine rings is 1. The van der Waals surface area contributed by atoms with E-state index in [0.717, 1.165) is 19.3 Å². The molecule has 2 rings (SSSR count). The molecule has 1 saturated heterocycles. The average molecular weight is 296 g/mol. The molecule has 1 N–H and O–H groups in total. The Morgan fingerprint density at radius 3 is 2.45 bits per heavy atom. The second kappa shape index (κ2) is 5.93. The zero-order chi connectivity index (χ0) is 14.8. The number of nitrogens with one attached hydrogen (secondary N) is 1. The van der Waals surface area contributed by atoms with Gasteiger partial charge in [0.15, 0.2) is 0 Å². The van der Waals surface area contributed by atoms with E-state index >= 15 is 0 Å². The Kier molecular flexibility index (Phi) is 4.45. The van der Waals surface area contributed by atoms with Crippen LogP contribution in [0.4, 0.5) is 0 Å².